The molecule has 2 atom stereocenters. The quantitative estimate of drug-likeness (QED) is 0.862. The second-order valence-electron chi connectivity index (χ2n) is 5.42. The number of nitrogens with zero attached hydrogens (tertiary/aromatic N) is 1. The van der Waals surface area contributed by atoms with Crippen molar-refractivity contribution in [3.8, 4) is 11.8 Å². The van der Waals surface area contributed by atoms with Gasteiger partial charge in [-0.05, 0) is 25.0 Å². The molecule has 0 bridgehead atoms. The van der Waals surface area contributed by atoms with Gasteiger partial charge in [0.2, 0.25) is 5.91 Å². The zero-order chi connectivity index (χ0) is 15.2. The first-order valence-electron chi connectivity index (χ1n) is 7.25. The van der Waals surface area contributed by atoms with Crippen LogP contribution in [0.4, 0.5) is 0 Å². The summed E-state index contributed by atoms with van der Waals surface area (Å²) in [6.07, 6.45) is 4.00. The van der Waals surface area contributed by atoms with Crippen LogP contribution >= 0.6 is 0 Å². The lowest BCUT2D eigenvalue weighted by Crippen LogP contribution is -2.44. The maximum Gasteiger partial charge on any atom is 0.222 e. The summed E-state index contributed by atoms with van der Waals surface area (Å²) in [7, 11) is 1.59. The normalized spacial score (nSPS) is 21.5. The number of hydrogen-bond acceptors (Lipinski definition) is 4. The van der Waals surface area contributed by atoms with E-state index in [9.17, 15) is 4.79 Å². The van der Waals surface area contributed by atoms with Crippen LogP contribution in [0.2, 0.25) is 0 Å². The van der Waals surface area contributed by atoms with Crippen LogP contribution < -0.4 is 15.8 Å². The van der Waals surface area contributed by atoms with Gasteiger partial charge < -0.3 is 15.8 Å². The first-order valence-corrected chi connectivity index (χ1v) is 7.25. The molecule has 112 valence electrons. The van der Waals surface area contributed by atoms with E-state index < -0.39 is 0 Å². The van der Waals surface area contributed by atoms with Gasteiger partial charge in [-0.15, -0.1) is 0 Å². The lowest BCUT2D eigenvalue weighted by molar-refractivity contribution is -0.123. The first-order chi connectivity index (χ1) is 10.2. The highest BCUT2D eigenvalue weighted by Gasteiger charge is 2.28. The molecule has 1 aliphatic rings. The SMILES string of the molecule is COc1cc(C#N)ccc1CN[C@@H]1CCCC[C@@H]1C(N)=O. The highest BCUT2D eigenvalue weighted by atomic mass is 16.5. The van der Waals surface area contributed by atoms with Crippen molar-refractivity contribution in [2.75, 3.05) is 7.11 Å². The number of nitrogens with one attached hydrogen (secondary N) is 1. The molecule has 2 rings (SSSR count). The number of nitriles is 1. The highest BCUT2D eigenvalue weighted by Crippen LogP contribution is 2.26. The molecule has 0 aliphatic heterocycles. The molecule has 21 heavy (non-hydrogen) atoms. The second kappa shape index (κ2) is 7.09. The van der Waals surface area contributed by atoms with E-state index in [1.807, 2.05) is 6.07 Å². The number of carbonyl (C=O) groups is 1. The Balaban J connectivity index is 2.05. The van der Waals surface area contributed by atoms with E-state index in [1.165, 1.54) is 0 Å². The van der Waals surface area contributed by atoms with Crippen LogP contribution in [0.1, 0.15) is 36.8 Å². The summed E-state index contributed by atoms with van der Waals surface area (Å²) in [5.41, 5.74) is 7.03. The molecule has 5 nitrogen and oxygen atoms in total. The third kappa shape index (κ3) is 3.73. The topological polar surface area (TPSA) is 88.1 Å². The van der Waals surface area contributed by atoms with Gasteiger partial charge in [0.25, 0.3) is 0 Å². The van der Waals surface area contributed by atoms with Crippen molar-refractivity contribution in [3.05, 3.63) is 29.3 Å². The number of primary amides is 1. The number of hydrogen-bond donors (Lipinski definition) is 2. The van der Waals surface area contributed by atoms with E-state index in [1.54, 1.807) is 19.2 Å². The predicted octanol–water partition coefficient (Wildman–Crippen LogP) is 1.70. The molecule has 1 saturated carbocycles. The average Bonchev–Trinajstić information content (AvgIpc) is 2.52. The molecule has 1 fully saturated rings. The summed E-state index contributed by atoms with van der Waals surface area (Å²) in [6, 6.07) is 7.59. The Labute approximate surface area is 125 Å². The molecule has 0 aromatic heterocycles. The van der Waals surface area contributed by atoms with Gasteiger partial charge in [-0.3, -0.25) is 4.79 Å². The van der Waals surface area contributed by atoms with Gasteiger partial charge in [-0.25, -0.2) is 0 Å². The summed E-state index contributed by atoms with van der Waals surface area (Å²) in [5.74, 6) is 0.370. The lowest BCUT2D eigenvalue weighted by atomic mass is 9.84. The van der Waals surface area contributed by atoms with Gasteiger partial charge in [0.05, 0.1) is 24.7 Å². The summed E-state index contributed by atoms with van der Waals surface area (Å²) in [4.78, 5) is 11.5. The van der Waals surface area contributed by atoms with Crippen LogP contribution in [0.5, 0.6) is 5.75 Å². The standard InChI is InChI=1S/C16H21N3O2/c1-21-15-8-11(9-17)6-7-12(15)10-19-14-5-3-2-4-13(14)16(18)20/h6-8,13-14,19H,2-5,10H2,1H3,(H2,18,20)/t13-,14+/m0/s1. The van der Waals surface area contributed by atoms with Crippen LogP contribution in [0.3, 0.4) is 0 Å². The van der Waals surface area contributed by atoms with Crippen molar-refractivity contribution in [1.82, 2.24) is 5.32 Å². The third-order valence-electron chi connectivity index (χ3n) is 4.10. The van der Waals surface area contributed by atoms with Crippen molar-refractivity contribution in [2.45, 2.75) is 38.3 Å². The monoisotopic (exact) mass is 287 g/mol. The molecule has 0 spiro atoms. The summed E-state index contributed by atoms with van der Waals surface area (Å²) in [6.45, 7) is 0.601. The Morgan fingerprint density at radius 1 is 1.48 bits per heavy atom. The Bertz CT molecular complexity index is 551. The average molecular weight is 287 g/mol. The van der Waals surface area contributed by atoms with Crippen LogP contribution in [0.15, 0.2) is 18.2 Å². The number of methoxy groups -OCH3 is 1. The first kappa shape index (κ1) is 15.3. The molecule has 5 heteroatoms. The van der Waals surface area contributed by atoms with Crippen molar-refractivity contribution >= 4 is 5.91 Å². The molecule has 1 aromatic carbocycles. The maximum absolute atomic E-state index is 11.5. The van der Waals surface area contributed by atoms with Crippen molar-refractivity contribution in [2.24, 2.45) is 11.7 Å². The smallest absolute Gasteiger partial charge is 0.222 e. The molecule has 0 saturated heterocycles. The Hall–Kier alpha value is -2.06. The van der Waals surface area contributed by atoms with Gasteiger partial charge in [0, 0.05) is 18.2 Å². The molecule has 1 amide bonds. The van der Waals surface area contributed by atoms with Crippen molar-refractivity contribution < 1.29 is 9.53 Å². The van der Waals surface area contributed by atoms with E-state index in [2.05, 4.69) is 11.4 Å². The molecular formula is C16H21N3O2. The molecule has 3 N–H and O–H groups in total. The van der Waals surface area contributed by atoms with Gasteiger partial charge in [-0.2, -0.15) is 5.26 Å². The number of ether oxygens (including phenoxy) is 1. The fraction of sp³-hybridized carbons (Fsp3) is 0.500. The number of benzene rings is 1. The van der Waals surface area contributed by atoms with E-state index in [0.717, 1.165) is 31.2 Å². The van der Waals surface area contributed by atoms with E-state index in [0.29, 0.717) is 17.9 Å². The lowest BCUT2D eigenvalue weighted by Gasteiger charge is -2.30. The molecule has 0 unspecified atom stereocenters. The van der Waals surface area contributed by atoms with Crippen molar-refractivity contribution in [1.29, 1.82) is 5.26 Å². The van der Waals surface area contributed by atoms with Crippen LogP contribution in [-0.4, -0.2) is 19.1 Å². The minimum absolute atomic E-state index is 0.0943. The summed E-state index contributed by atoms with van der Waals surface area (Å²) in [5, 5.41) is 12.3. The van der Waals surface area contributed by atoms with Crippen LogP contribution in [0, 0.1) is 17.2 Å². The number of carbonyl (C=O) groups excluding carboxylic acids is 1. The van der Waals surface area contributed by atoms with E-state index >= 15 is 0 Å². The zero-order valence-corrected chi connectivity index (χ0v) is 12.3. The highest BCUT2D eigenvalue weighted by molar-refractivity contribution is 5.77. The Kier molecular flexibility index (Phi) is 5.18. The van der Waals surface area contributed by atoms with Gasteiger partial charge in [0.15, 0.2) is 0 Å². The van der Waals surface area contributed by atoms with Crippen molar-refractivity contribution in [3.63, 3.8) is 0 Å². The zero-order valence-electron chi connectivity index (χ0n) is 12.3. The van der Waals surface area contributed by atoms with Gasteiger partial charge in [-0.1, -0.05) is 18.9 Å². The molecule has 1 aromatic rings. The molecule has 1 aliphatic carbocycles. The Morgan fingerprint density at radius 2 is 2.24 bits per heavy atom. The number of amides is 1. The van der Waals surface area contributed by atoms with E-state index in [-0.39, 0.29) is 17.9 Å². The third-order valence-corrected chi connectivity index (χ3v) is 4.10. The van der Waals surface area contributed by atoms with E-state index in [4.69, 9.17) is 15.7 Å². The second-order valence-corrected chi connectivity index (χ2v) is 5.42. The van der Waals surface area contributed by atoms with Gasteiger partial charge in [0.1, 0.15) is 5.75 Å². The summed E-state index contributed by atoms with van der Waals surface area (Å²) >= 11 is 0. The minimum Gasteiger partial charge on any atom is -0.496 e. The number of rotatable bonds is 5. The van der Waals surface area contributed by atoms with Crippen LogP contribution in [0.25, 0.3) is 0 Å². The molecular weight excluding hydrogens is 266 g/mol. The van der Waals surface area contributed by atoms with Crippen LogP contribution in [-0.2, 0) is 11.3 Å². The summed E-state index contributed by atoms with van der Waals surface area (Å²) < 4.78 is 5.32. The Morgan fingerprint density at radius 3 is 2.90 bits per heavy atom. The van der Waals surface area contributed by atoms with Gasteiger partial charge >= 0.3 is 0 Å². The molecule has 0 radical (unpaired) electrons. The minimum atomic E-state index is -0.223. The number of nitrogens with two attached hydrogens (primary N) is 1. The fourth-order valence-electron chi connectivity index (χ4n) is 2.92. The predicted molar refractivity (Wildman–Crippen MR) is 79.5 cm³/mol. The maximum atomic E-state index is 11.5. The largest absolute Gasteiger partial charge is 0.496 e. The molecule has 0 heterocycles. The fourth-order valence-corrected chi connectivity index (χ4v) is 2.92.